The molecule has 0 bridgehead atoms. The van der Waals surface area contributed by atoms with E-state index in [-0.39, 0.29) is 6.61 Å². The first kappa shape index (κ1) is 12.9. The number of hydrogen-bond acceptors (Lipinski definition) is 3. The molecule has 0 saturated heterocycles. The Balaban J connectivity index is 1.90. The summed E-state index contributed by atoms with van der Waals surface area (Å²) in [5.74, 6) is 1.02. The van der Waals surface area contributed by atoms with Gasteiger partial charge in [0.15, 0.2) is 0 Å². The van der Waals surface area contributed by atoms with E-state index in [0.29, 0.717) is 6.04 Å². The van der Waals surface area contributed by atoms with Crippen molar-refractivity contribution < 1.29 is 5.11 Å². The van der Waals surface area contributed by atoms with Crippen molar-refractivity contribution in [3.8, 4) is 0 Å². The van der Waals surface area contributed by atoms with E-state index in [1.165, 1.54) is 35.3 Å². The Hall–Kier alpha value is -0.510. The molecule has 0 spiro atoms. The van der Waals surface area contributed by atoms with Gasteiger partial charge in [-0.1, -0.05) is 6.07 Å². The van der Waals surface area contributed by atoms with Crippen molar-refractivity contribution in [1.29, 1.82) is 0 Å². The predicted octanol–water partition coefficient (Wildman–Crippen LogP) is 2.24. The number of fused-ring (bicyclic) bond motifs is 1. The zero-order chi connectivity index (χ0) is 12.1. The van der Waals surface area contributed by atoms with Crippen molar-refractivity contribution in [3.63, 3.8) is 0 Å². The van der Waals surface area contributed by atoms with Crippen LogP contribution < -0.4 is 5.32 Å². The van der Waals surface area contributed by atoms with E-state index in [9.17, 15) is 0 Å². The molecule has 0 amide bonds. The van der Waals surface area contributed by atoms with Crippen molar-refractivity contribution in [1.82, 2.24) is 5.32 Å². The van der Waals surface area contributed by atoms with Crippen LogP contribution in [0.2, 0.25) is 0 Å². The predicted molar refractivity (Wildman–Crippen MR) is 73.7 cm³/mol. The Morgan fingerprint density at radius 3 is 2.94 bits per heavy atom. The summed E-state index contributed by atoms with van der Waals surface area (Å²) in [6.07, 6.45) is 4.64. The molecule has 94 valence electrons. The summed E-state index contributed by atoms with van der Waals surface area (Å²) in [4.78, 5) is 1.36. The van der Waals surface area contributed by atoms with Crippen molar-refractivity contribution in [2.45, 2.75) is 36.6 Å². The third-order valence-corrected chi connectivity index (χ3v) is 4.56. The molecule has 2 nitrogen and oxygen atoms in total. The minimum Gasteiger partial charge on any atom is -0.396 e. The molecule has 1 unspecified atom stereocenters. The van der Waals surface area contributed by atoms with Crippen molar-refractivity contribution in [2.24, 2.45) is 0 Å². The zero-order valence-electron chi connectivity index (χ0n) is 10.4. The molecule has 1 atom stereocenters. The second-order valence-corrected chi connectivity index (χ2v) is 5.69. The SMILES string of the molecule is CNC(CCO)CSc1ccc2c(c1)CCC2. The van der Waals surface area contributed by atoms with Gasteiger partial charge < -0.3 is 10.4 Å². The van der Waals surface area contributed by atoms with Gasteiger partial charge in [0.05, 0.1) is 0 Å². The lowest BCUT2D eigenvalue weighted by Crippen LogP contribution is -2.28. The molecule has 1 aliphatic rings. The van der Waals surface area contributed by atoms with E-state index in [4.69, 9.17) is 5.11 Å². The normalized spacial score (nSPS) is 15.9. The molecule has 1 aromatic carbocycles. The third kappa shape index (κ3) is 3.47. The largest absolute Gasteiger partial charge is 0.396 e. The lowest BCUT2D eigenvalue weighted by atomic mass is 10.1. The van der Waals surface area contributed by atoms with E-state index in [1.54, 1.807) is 0 Å². The number of thioether (sulfide) groups is 1. The molecule has 0 saturated carbocycles. The van der Waals surface area contributed by atoms with E-state index < -0.39 is 0 Å². The van der Waals surface area contributed by atoms with Gasteiger partial charge in [0, 0.05) is 23.3 Å². The highest BCUT2D eigenvalue weighted by molar-refractivity contribution is 7.99. The lowest BCUT2D eigenvalue weighted by Gasteiger charge is -2.14. The molecule has 0 fully saturated rings. The summed E-state index contributed by atoms with van der Waals surface area (Å²) in [5.41, 5.74) is 3.08. The maximum Gasteiger partial charge on any atom is 0.0446 e. The minimum atomic E-state index is 0.260. The van der Waals surface area contributed by atoms with Crippen LogP contribution in [-0.4, -0.2) is 30.6 Å². The highest BCUT2D eigenvalue weighted by Gasteiger charge is 2.12. The number of rotatable bonds is 6. The molecular weight excluding hydrogens is 230 g/mol. The van der Waals surface area contributed by atoms with Crippen LogP contribution in [0.4, 0.5) is 0 Å². The van der Waals surface area contributed by atoms with Crippen molar-refractivity contribution in [3.05, 3.63) is 29.3 Å². The van der Waals surface area contributed by atoms with Crippen LogP contribution in [-0.2, 0) is 12.8 Å². The van der Waals surface area contributed by atoms with Crippen LogP contribution in [0.15, 0.2) is 23.1 Å². The van der Waals surface area contributed by atoms with Crippen LogP contribution in [0.3, 0.4) is 0 Å². The Morgan fingerprint density at radius 1 is 1.35 bits per heavy atom. The molecule has 0 heterocycles. The van der Waals surface area contributed by atoms with Gasteiger partial charge in [0.25, 0.3) is 0 Å². The maximum atomic E-state index is 8.94. The molecule has 2 rings (SSSR count). The van der Waals surface area contributed by atoms with Crippen LogP contribution >= 0.6 is 11.8 Å². The Kier molecular flexibility index (Phi) is 4.89. The number of nitrogens with one attached hydrogen (secondary N) is 1. The van der Waals surface area contributed by atoms with E-state index >= 15 is 0 Å². The molecule has 0 aliphatic heterocycles. The minimum absolute atomic E-state index is 0.260. The van der Waals surface area contributed by atoms with Crippen LogP contribution in [0, 0.1) is 0 Å². The quantitative estimate of drug-likeness (QED) is 0.761. The fourth-order valence-corrected chi connectivity index (χ4v) is 3.42. The summed E-state index contributed by atoms with van der Waals surface area (Å²) in [7, 11) is 1.96. The van der Waals surface area contributed by atoms with Crippen LogP contribution in [0.5, 0.6) is 0 Å². The first-order valence-electron chi connectivity index (χ1n) is 6.36. The van der Waals surface area contributed by atoms with Gasteiger partial charge >= 0.3 is 0 Å². The first-order valence-corrected chi connectivity index (χ1v) is 7.34. The Bertz CT molecular complexity index is 367. The van der Waals surface area contributed by atoms with Gasteiger partial charge in [0.2, 0.25) is 0 Å². The second kappa shape index (κ2) is 6.43. The second-order valence-electron chi connectivity index (χ2n) is 4.59. The standard InChI is InChI=1S/C14H21NOS/c1-15-13(7-8-16)10-17-14-6-5-11-3-2-4-12(11)9-14/h5-6,9,13,15-16H,2-4,7-8,10H2,1H3. The monoisotopic (exact) mass is 251 g/mol. The van der Waals surface area contributed by atoms with Crippen molar-refractivity contribution in [2.75, 3.05) is 19.4 Å². The molecular formula is C14H21NOS. The number of aryl methyl sites for hydroxylation is 2. The molecule has 0 radical (unpaired) electrons. The average molecular weight is 251 g/mol. The van der Waals surface area contributed by atoms with Gasteiger partial charge in [-0.3, -0.25) is 0 Å². The van der Waals surface area contributed by atoms with Gasteiger partial charge in [-0.05, 0) is 56.0 Å². The van der Waals surface area contributed by atoms with Crippen molar-refractivity contribution >= 4 is 11.8 Å². The molecule has 0 aromatic heterocycles. The fraction of sp³-hybridized carbons (Fsp3) is 0.571. The first-order chi connectivity index (χ1) is 8.33. The summed E-state index contributed by atoms with van der Waals surface area (Å²) in [6.45, 7) is 0.260. The molecule has 3 heteroatoms. The van der Waals surface area contributed by atoms with E-state index in [1.807, 2.05) is 18.8 Å². The summed E-state index contributed by atoms with van der Waals surface area (Å²) < 4.78 is 0. The van der Waals surface area contributed by atoms with Gasteiger partial charge in [-0.25, -0.2) is 0 Å². The number of aliphatic hydroxyl groups excluding tert-OH is 1. The zero-order valence-corrected chi connectivity index (χ0v) is 11.2. The van der Waals surface area contributed by atoms with Crippen LogP contribution in [0.25, 0.3) is 0 Å². The fourth-order valence-electron chi connectivity index (χ4n) is 2.30. The Labute approximate surface area is 108 Å². The van der Waals surface area contributed by atoms with Gasteiger partial charge in [-0.15, -0.1) is 11.8 Å². The third-order valence-electron chi connectivity index (χ3n) is 3.41. The summed E-state index contributed by atoms with van der Waals surface area (Å²) in [5, 5.41) is 12.2. The molecule has 2 N–H and O–H groups in total. The van der Waals surface area contributed by atoms with Gasteiger partial charge in [0.1, 0.15) is 0 Å². The number of aliphatic hydroxyl groups is 1. The topological polar surface area (TPSA) is 32.3 Å². The lowest BCUT2D eigenvalue weighted by molar-refractivity contribution is 0.273. The van der Waals surface area contributed by atoms with Crippen LogP contribution in [0.1, 0.15) is 24.0 Å². The van der Waals surface area contributed by atoms with E-state index in [0.717, 1.165) is 12.2 Å². The molecule has 1 aromatic rings. The summed E-state index contributed by atoms with van der Waals surface area (Å²) >= 11 is 1.89. The molecule has 17 heavy (non-hydrogen) atoms. The number of hydrogen-bond donors (Lipinski definition) is 2. The summed E-state index contributed by atoms with van der Waals surface area (Å²) in [6, 6.07) is 7.27. The van der Waals surface area contributed by atoms with E-state index in [2.05, 4.69) is 23.5 Å². The van der Waals surface area contributed by atoms with Gasteiger partial charge in [-0.2, -0.15) is 0 Å². The number of benzene rings is 1. The molecule has 1 aliphatic carbocycles. The highest BCUT2D eigenvalue weighted by Crippen LogP contribution is 2.27. The average Bonchev–Trinajstić information content (AvgIpc) is 2.81. The highest BCUT2D eigenvalue weighted by atomic mass is 32.2. The Morgan fingerprint density at radius 2 is 2.18 bits per heavy atom. The maximum absolute atomic E-state index is 8.94. The smallest absolute Gasteiger partial charge is 0.0446 e.